The van der Waals surface area contributed by atoms with Crippen molar-refractivity contribution in [3.05, 3.63) is 72.8 Å². The molecule has 0 spiro atoms. The molecule has 0 saturated carbocycles. The van der Waals surface area contributed by atoms with E-state index in [-0.39, 0.29) is 13.8 Å². The third-order valence-electron chi connectivity index (χ3n) is 2.75. The molecule has 0 aliphatic heterocycles. The lowest BCUT2D eigenvalue weighted by atomic mass is 9.92. The van der Waals surface area contributed by atoms with Crippen LogP contribution in [0.5, 0.6) is 0 Å². The fraction of sp³-hybridized carbons (Fsp3) is 0.429. The van der Waals surface area contributed by atoms with Gasteiger partial charge in [-0.1, -0.05) is 72.8 Å². The van der Waals surface area contributed by atoms with Gasteiger partial charge in [0.25, 0.3) is 0 Å². The molecule has 0 aliphatic rings. The number of halogens is 6. The molecule has 0 atom stereocenters. The summed E-state index contributed by atoms with van der Waals surface area (Å²) in [5.41, 5.74) is 5.38. The summed E-state index contributed by atoms with van der Waals surface area (Å²) in [6, 6.07) is 24.0. The lowest BCUT2D eigenvalue weighted by Gasteiger charge is -2.29. The van der Waals surface area contributed by atoms with Crippen molar-refractivity contribution in [2.45, 2.75) is 26.2 Å². The Morgan fingerprint density at radius 1 is 0.419 bits per heavy atom. The van der Waals surface area contributed by atoms with Gasteiger partial charge in [-0.25, -0.2) is 0 Å². The zero-order chi connectivity index (χ0) is 26.0. The molecule has 0 saturated heterocycles. The van der Waals surface area contributed by atoms with Crippen LogP contribution in [0.15, 0.2) is 72.8 Å². The van der Waals surface area contributed by atoms with Gasteiger partial charge in [0.05, 0.1) is 0 Å². The number of alkyl halides is 6. The second-order valence-corrected chi connectivity index (χ2v) is 4.93. The van der Waals surface area contributed by atoms with Crippen LogP contribution >= 0.6 is 0 Å². The molecule has 2 rings (SSSR count). The first-order chi connectivity index (χ1) is 14.5. The second-order valence-electron chi connectivity index (χ2n) is 4.93. The van der Waals surface area contributed by atoms with Crippen LogP contribution in [0, 0.1) is 5.41 Å². The largest absolute Gasteiger partial charge is 0.402 e. The molecule has 6 N–H and O–H groups in total. The van der Waals surface area contributed by atoms with Gasteiger partial charge in [-0.3, -0.25) is 0 Å². The summed E-state index contributed by atoms with van der Waals surface area (Å²) in [4.78, 5) is 0. The molecule has 4 nitrogen and oxygen atoms in total. The molecule has 0 aliphatic carbocycles. The van der Waals surface area contributed by atoms with Gasteiger partial charge < -0.3 is 21.7 Å². The summed E-state index contributed by atoms with van der Waals surface area (Å²) in [5, 5.41) is 14.0. The monoisotopic (exact) mass is 462 g/mol. The quantitative estimate of drug-likeness (QED) is 0.420. The fourth-order valence-electron chi connectivity index (χ4n) is 0.931. The smallest absolute Gasteiger partial charge is 0.400 e. The van der Waals surface area contributed by atoms with Crippen molar-refractivity contribution in [1.82, 2.24) is 0 Å². The Labute approximate surface area is 181 Å². The van der Waals surface area contributed by atoms with E-state index in [0.29, 0.717) is 0 Å². The van der Waals surface area contributed by atoms with Crippen LogP contribution in [0.2, 0.25) is 0 Å². The summed E-state index contributed by atoms with van der Waals surface area (Å²) in [6.45, 7) is 0.208. The van der Waals surface area contributed by atoms with E-state index >= 15 is 0 Å². The molecule has 31 heavy (non-hydrogen) atoms. The molecule has 184 valence electrons. The highest BCUT2D eigenvalue weighted by atomic mass is 19.4. The minimum absolute atomic E-state index is 0.104. The van der Waals surface area contributed by atoms with Gasteiger partial charge in [-0.2, -0.15) is 26.3 Å². The van der Waals surface area contributed by atoms with Crippen LogP contribution in [0.4, 0.5) is 26.3 Å². The number of rotatable bonds is 0. The molecule has 0 heterocycles. The maximum absolute atomic E-state index is 11.6. The van der Waals surface area contributed by atoms with Gasteiger partial charge in [-0.05, 0) is 27.9 Å². The van der Waals surface area contributed by atoms with Crippen LogP contribution in [0.1, 0.15) is 13.8 Å². The van der Waals surface area contributed by atoms with E-state index in [4.69, 9.17) is 10.2 Å². The minimum atomic E-state index is -5.24. The van der Waals surface area contributed by atoms with Crippen molar-refractivity contribution in [2.75, 3.05) is 28.3 Å². The van der Waals surface area contributed by atoms with E-state index in [1.165, 1.54) is 14.1 Å². The zero-order valence-electron chi connectivity index (χ0n) is 18.7. The number of aliphatic hydroxyl groups excluding tert-OH is 2. The van der Waals surface area contributed by atoms with Crippen molar-refractivity contribution in [3.63, 3.8) is 0 Å². The Morgan fingerprint density at radius 3 is 0.548 bits per heavy atom. The molecular formula is C21H36F6N2O2. The van der Waals surface area contributed by atoms with E-state index in [2.05, 4.69) is 11.5 Å². The van der Waals surface area contributed by atoms with Crippen molar-refractivity contribution >= 4 is 0 Å². The van der Waals surface area contributed by atoms with Crippen molar-refractivity contribution in [3.8, 4) is 0 Å². The molecule has 0 amide bonds. The Hall–Kier alpha value is -2.14. The van der Waals surface area contributed by atoms with Gasteiger partial charge in [-0.15, -0.1) is 0 Å². The maximum atomic E-state index is 11.6. The molecule has 0 unspecified atom stereocenters. The zero-order valence-corrected chi connectivity index (χ0v) is 18.7. The third-order valence-corrected chi connectivity index (χ3v) is 2.75. The fourth-order valence-corrected chi connectivity index (χ4v) is 0.931. The Kier molecular flexibility index (Phi) is 32.9. The second kappa shape index (κ2) is 25.9. The van der Waals surface area contributed by atoms with Crippen LogP contribution < -0.4 is 11.5 Å². The normalized spacial score (nSPS) is 9.29. The summed E-state index contributed by atoms with van der Waals surface area (Å²) < 4.78 is 69.7. The molecule has 0 bridgehead atoms. The van der Waals surface area contributed by atoms with Crippen molar-refractivity contribution in [2.24, 2.45) is 16.9 Å². The molecule has 0 radical (unpaired) electrons. The summed E-state index contributed by atoms with van der Waals surface area (Å²) in [5.74, 6) is 0. The average molecular weight is 463 g/mol. The topological polar surface area (TPSA) is 92.5 Å². The number of nitrogens with two attached hydrogens (primary N) is 2. The molecule has 10 heteroatoms. The average Bonchev–Trinajstić information content (AvgIpc) is 2.81. The first-order valence-corrected chi connectivity index (χ1v) is 8.68. The van der Waals surface area contributed by atoms with Gasteiger partial charge in [0, 0.05) is 14.2 Å². The van der Waals surface area contributed by atoms with Gasteiger partial charge >= 0.3 is 12.4 Å². The van der Waals surface area contributed by atoms with E-state index in [1.54, 1.807) is 0 Å². The highest BCUT2D eigenvalue weighted by Crippen LogP contribution is 2.49. The third kappa shape index (κ3) is 24.0. The highest BCUT2D eigenvalue weighted by molar-refractivity contribution is 4.99. The molecule has 2 aromatic rings. The van der Waals surface area contributed by atoms with Gasteiger partial charge in [0.2, 0.25) is 0 Å². The Morgan fingerprint density at radius 2 is 0.516 bits per heavy atom. The minimum Gasteiger partial charge on any atom is -0.400 e. The first kappa shape index (κ1) is 39.3. The molecular weight excluding hydrogens is 426 g/mol. The summed E-state index contributed by atoms with van der Waals surface area (Å²) >= 11 is 0. The molecule has 0 fully saturated rings. The lowest BCUT2D eigenvalue weighted by Crippen LogP contribution is -2.44. The van der Waals surface area contributed by atoms with E-state index in [1.807, 2.05) is 72.8 Å². The van der Waals surface area contributed by atoms with Crippen molar-refractivity contribution < 1.29 is 36.6 Å². The number of hydrogen-bond acceptors (Lipinski definition) is 4. The highest BCUT2D eigenvalue weighted by Gasteiger charge is 2.64. The van der Waals surface area contributed by atoms with Gasteiger partial charge in [0.1, 0.15) is 0 Å². The van der Waals surface area contributed by atoms with E-state index in [9.17, 15) is 26.3 Å². The Bertz CT molecular complexity index is 422. The first-order valence-electron chi connectivity index (χ1n) is 8.68. The predicted octanol–water partition coefficient (Wildman–Crippen LogP) is 4.88. The molecule has 0 aromatic heterocycles. The van der Waals surface area contributed by atoms with Crippen LogP contribution in [-0.2, 0) is 0 Å². The lowest BCUT2D eigenvalue weighted by molar-refractivity contribution is -0.327. The molecule has 2 aromatic carbocycles. The SMILES string of the molecule is CC(C)(C(F)(F)F)C(F)(F)F.CN.CN.CO.CO.c1ccccc1.c1ccccc1. The van der Waals surface area contributed by atoms with E-state index in [0.717, 1.165) is 14.2 Å². The number of benzene rings is 2. The van der Waals surface area contributed by atoms with Crippen molar-refractivity contribution in [1.29, 1.82) is 0 Å². The van der Waals surface area contributed by atoms with Crippen LogP contribution in [0.25, 0.3) is 0 Å². The maximum Gasteiger partial charge on any atom is 0.402 e. The van der Waals surface area contributed by atoms with Crippen LogP contribution in [0.3, 0.4) is 0 Å². The summed E-state index contributed by atoms with van der Waals surface area (Å²) in [7, 11) is 5.00. The van der Waals surface area contributed by atoms with Gasteiger partial charge in [0.15, 0.2) is 5.41 Å². The summed E-state index contributed by atoms with van der Waals surface area (Å²) in [6.07, 6.45) is -10.5. The Balaban J connectivity index is -0.0000000969. The number of hydrogen-bond donors (Lipinski definition) is 4. The van der Waals surface area contributed by atoms with E-state index < -0.39 is 17.8 Å². The predicted molar refractivity (Wildman–Crippen MR) is 115 cm³/mol. The number of aliphatic hydroxyl groups is 2. The van der Waals surface area contributed by atoms with Crippen LogP contribution in [-0.4, -0.2) is 50.9 Å². The standard InChI is InChI=1S/2C6H6.C5H6F6.2CH5N.2CH4O/c2*1-2-4-6-5-3-1;1-3(2,4(6,7)8)5(9,10)11;4*1-2/h2*1-6H;1-2H3;2*2H2,1H3;2*2H,1H3.